The van der Waals surface area contributed by atoms with Gasteiger partial charge in [-0.1, -0.05) is 40.5 Å². The van der Waals surface area contributed by atoms with E-state index in [0.717, 1.165) is 19.4 Å². The Bertz CT molecular complexity index is 140. The second kappa shape index (κ2) is 6.59. The Balaban J connectivity index is 4.76. The van der Waals surface area contributed by atoms with Crippen LogP contribution in [0.3, 0.4) is 0 Å². The zero-order chi connectivity index (χ0) is 11.2. The predicted octanol–water partition coefficient (Wildman–Crippen LogP) is 3.71. The van der Waals surface area contributed by atoms with E-state index in [2.05, 4.69) is 34.6 Å². The molecule has 0 bridgehead atoms. The van der Waals surface area contributed by atoms with E-state index >= 15 is 0 Å². The molecule has 2 unspecified atom stereocenters. The summed E-state index contributed by atoms with van der Waals surface area (Å²) in [5.74, 6) is 0. The lowest BCUT2D eigenvalue weighted by atomic mass is 10.4. The normalized spacial score (nSPS) is 20.1. The largest absolute Gasteiger partial charge is 0.397 e. The zero-order valence-electron chi connectivity index (χ0n) is 10.6. The molecule has 2 nitrogen and oxygen atoms in total. The van der Waals surface area contributed by atoms with Crippen LogP contribution in [0, 0.1) is 0 Å². The summed E-state index contributed by atoms with van der Waals surface area (Å²) in [6.45, 7) is 11.8. The van der Waals surface area contributed by atoms with Crippen molar-refractivity contribution in [2.24, 2.45) is 0 Å². The molecule has 2 atom stereocenters. The first-order chi connectivity index (χ1) is 6.58. The highest BCUT2D eigenvalue weighted by molar-refractivity contribution is 6.70. The van der Waals surface area contributed by atoms with Gasteiger partial charge in [-0.15, -0.1) is 0 Å². The van der Waals surface area contributed by atoms with Crippen molar-refractivity contribution in [3.05, 3.63) is 0 Å². The number of hydrogen-bond donors (Lipinski definition) is 0. The molecule has 0 N–H and O–H groups in total. The SMILES string of the molecule is CCO[Si](OC)(C(C)CC)C(C)CC. The summed E-state index contributed by atoms with van der Waals surface area (Å²) >= 11 is 0. The van der Waals surface area contributed by atoms with Gasteiger partial charge in [-0.05, 0) is 18.0 Å². The summed E-state index contributed by atoms with van der Waals surface area (Å²) < 4.78 is 11.8. The van der Waals surface area contributed by atoms with Crippen molar-refractivity contribution in [1.29, 1.82) is 0 Å². The molecule has 0 spiro atoms. The Morgan fingerprint density at radius 2 is 1.43 bits per heavy atom. The second-order valence-electron chi connectivity index (χ2n) is 3.98. The minimum absolute atomic E-state index is 0.572. The zero-order valence-corrected chi connectivity index (χ0v) is 11.6. The van der Waals surface area contributed by atoms with Gasteiger partial charge in [0.15, 0.2) is 0 Å². The van der Waals surface area contributed by atoms with Crippen LogP contribution in [0.5, 0.6) is 0 Å². The molecule has 14 heavy (non-hydrogen) atoms. The molecule has 0 aliphatic rings. The van der Waals surface area contributed by atoms with E-state index in [1.54, 1.807) is 0 Å². The summed E-state index contributed by atoms with van der Waals surface area (Å²) in [6.07, 6.45) is 2.29. The van der Waals surface area contributed by atoms with Gasteiger partial charge in [-0.2, -0.15) is 0 Å². The Morgan fingerprint density at radius 3 is 1.64 bits per heavy atom. The van der Waals surface area contributed by atoms with Gasteiger partial charge in [-0.25, -0.2) is 0 Å². The molecule has 3 heteroatoms. The van der Waals surface area contributed by atoms with Gasteiger partial charge in [0.2, 0.25) is 0 Å². The first-order valence-electron chi connectivity index (χ1n) is 5.78. The van der Waals surface area contributed by atoms with Crippen molar-refractivity contribution in [2.75, 3.05) is 13.7 Å². The highest BCUT2D eigenvalue weighted by Gasteiger charge is 2.46. The lowest BCUT2D eigenvalue weighted by Gasteiger charge is -2.38. The molecular weight excluding hydrogens is 192 g/mol. The van der Waals surface area contributed by atoms with E-state index in [0.29, 0.717) is 11.1 Å². The third-order valence-electron chi connectivity index (χ3n) is 3.29. The van der Waals surface area contributed by atoms with E-state index in [-0.39, 0.29) is 0 Å². The van der Waals surface area contributed by atoms with Crippen LogP contribution < -0.4 is 0 Å². The van der Waals surface area contributed by atoms with Crippen molar-refractivity contribution in [3.8, 4) is 0 Å². The van der Waals surface area contributed by atoms with Gasteiger partial charge in [0.1, 0.15) is 0 Å². The van der Waals surface area contributed by atoms with E-state index in [9.17, 15) is 0 Å². The first-order valence-corrected chi connectivity index (χ1v) is 7.75. The molecule has 0 aromatic heterocycles. The van der Waals surface area contributed by atoms with Crippen LogP contribution in [0.2, 0.25) is 11.1 Å². The van der Waals surface area contributed by atoms with Crippen molar-refractivity contribution in [1.82, 2.24) is 0 Å². The fraction of sp³-hybridized carbons (Fsp3) is 1.00. The number of hydrogen-bond acceptors (Lipinski definition) is 2. The number of rotatable bonds is 7. The first kappa shape index (κ1) is 14.1. The van der Waals surface area contributed by atoms with Crippen molar-refractivity contribution >= 4 is 8.56 Å². The molecule has 0 rings (SSSR count). The van der Waals surface area contributed by atoms with Gasteiger partial charge in [-0.3, -0.25) is 0 Å². The van der Waals surface area contributed by atoms with Crippen LogP contribution in [0.1, 0.15) is 47.5 Å². The molecule has 0 amide bonds. The molecule has 0 heterocycles. The standard InChI is InChI=1S/C11H26O2Si/c1-7-10(4)14(12-6,13-9-3)11(5)8-2/h10-11H,7-9H2,1-6H3. The van der Waals surface area contributed by atoms with Crippen LogP contribution in [0.4, 0.5) is 0 Å². The maximum Gasteiger partial charge on any atom is 0.343 e. The summed E-state index contributed by atoms with van der Waals surface area (Å²) in [5.41, 5.74) is 1.14. The smallest absolute Gasteiger partial charge is 0.343 e. The molecule has 0 aliphatic heterocycles. The van der Waals surface area contributed by atoms with Crippen molar-refractivity contribution < 1.29 is 8.85 Å². The topological polar surface area (TPSA) is 18.5 Å². The predicted molar refractivity (Wildman–Crippen MR) is 63.8 cm³/mol. The maximum absolute atomic E-state index is 6.00. The molecule has 86 valence electrons. The van der Waals surface area contributed by atoms with Crippen LogP contribution in [-0.2, 0) is 8.85 Å². The Morgan fingerprint density at radius 1 is 1.00 bits per heavy atom. The lowest BCUT2D eigenvalue weighted by molar-refractivity contribution is 0.186. The van der Waals surface area contributed by atoms with Crippen molar-refractivity contribution in [2.45, 2.75) is 58.5 Å². The van der Waals surface area contributed by atoms with Crippen LogP contribution in [0.25, 0.3) is 0 Å². The molecule has 0 radical (unpaired) electrons. The highest BCUT2D eigenvalue weighted by Crippen LogP contribution is 2.38. The minimum Gasteiger partial charge on any atom is -0.397 e. The van der Waals surface area contributed by atoms with E-state index < -0.39 is 8.56 Å². The molecule has 0 saturated carbocycles. The molecule has 0 saturated heterocycles. The van der Waals surface area contributed by atoms with Crippen LogP contribution in [0.15, 0.2) is 0 Å². The molecular formula is C11H26O2Si. The second-order valence-corrected chi connectivity index (χ2v) is 8.09. The summed E-state index contributed by atoms with van der Waals surface area (Å²) in [7, 11) is -0.157. The van der Waals surface area contributed by atoms with Crippen molar-refractivity contribution in [3.63, 3.8) is 0 Å². The van der Waals surface area contributed by atoms with E-state index in [1.165, 1.54) is 0 Å². The molecule has 0 fully saturated rings. The third-order valence-corrected chi connectivity index (χ3v) is 8.23. The highest BCUT2D eigenvalue weighted by atomic mass is 28.4. The summed E-state index contributed by atoms with van der Waals surface area (Å²) in [4.78, 5) is 0. The molecule has 0 aromatic carbocycles. The van der Waals surface area contributed by atoms with Gasteiger partial charge >= 0.3 is 8.56 Å². The van der Waals surface area contributed by atoms with Gasteiger partial charge in [0.25, 0.3) is 0 Å². The maximum atomic E-state index is 6.00. The third kappa shape index (κ3) is 2.81. The van der Waals surface area contributed by atoms with Gasteiger partial charge in [0, 0.05) is 13.7 Å². The molecule has 0 aliphatic carbocycles. The lowest BCUT2D eigenvalue weighted by Crippen LogP contribution is -2.48. The Labute approximate surface area is 90.2 Å². The van der Waals surface area contributed by atoms with Crippen LogP contribution in [-0.4, -0.2) is 22.3 Å². The quantitative estimate of drug-likeness (QED) is 0.606. The summed E-state index contributed by atoms with van der Waals surface area (Å²) in [5, 5.41) is 0. The van der Waals surface area contributed by atoms with Gasteiger partial charge in [0.05, 0.1) is 0 Å². The van der Waals surface area contributed by atoms with Gasteiger partial charge < -0.3 is 8.85 Å². The Hall–Kier alpha value is 0.137. The van der Waals surface area contributed by atoms with E-state index in [4.69, 9.17) is 8.85 Å². The Kier molecular flexibility index (Phi) is 6.65. The average molecular weight is 218 g/mol. The average Bonchev–Trinajstić information content (AvgIpc) is 2.23. The fourth-order valence-corrected chi connectivity index (χ4v) is 6.08. The monoisotopic (exact) mass is 218 g/mol. The fourth-order valence-electron chi connectivity index (χ4n) is 2.03. The summed E-state index contributed by atoms with van der Waals surface area (Å²) in [6, 6.07) is 0. The minimum atomic E-state index is -1.98. The van der Waals surface area contributed by atoms with E-state index in [1.807, 2.05) is 7.11 Å². The van der Waals surface area contributed by atoms with Crippen LogP contribution >= 0.6 is 0 Å². The molecule has 0 aromatic rings.